The van der Waals surface area contributed by atoms with Crippen molar-refractivity contribution in [1.82, 2.24) is 0 Å². The third-order valence-corrected chi connectivity index (χ3v) is 9.89. The molecule has 4 rings (SSSR count). The zero-order valence-electron chi connectivity index (χ0n) is 19.5. The number of rotatable bonds is 9. The van der Waals surface area contributed by atoms with Crippen molar-refractivity contribution in [2.75, 3.05) is 18.1 Å². The van der Waals surface area contributed by atoms with E-state index in [1.807, 2.05) is 41.7 Å². The Morgan fingerprint density at radius 1 is 0.788 bits per heavy atom. The maximum Gasteiger partial charge on any atom is 0.143 e. The molecule has 0 spiro atoms. The van der Waals surface area contributed by atoms with Gasteiger partial charge in [0.25, 0.3) is 0 Å². The molecule has 1 N–H and O–H groups in total. The van der Waals surface area contributed by atoms with Crippen LogP contribution in [0.4, 0.5) is 0 Å². The molecule has 1 aliphatic heterocycles. The minimum absolute atomic E-state index is 0.0126. The molecular weight excluding hydrogens is 444 g/mol. The Labute approximate surface area is 207 Å². The van der Waals surface area contributed by atoms with E-state index in [0.29, 0.717) is 11.2 Å². The average molecular weight is 479 g/mol. The van der Waals surface area contributed by atoms with E-state index in [4.69, 9.17) is 4.74 Å². The van der Waals surface area contributed by atoms with Crippen molar-refractivity contribution in [1.29, 1.82) is 0 Å². The molecule has 0 bridgehead atoms. The molecule has 0 saturated carbocycles. The number of benzene rings is 3. The van der Waals surface area contributed by atoms with Crippen LogP contribution in [0.15, 0.2) is 91.0 Å². The Kier molecular flexibility index (Phi) is 8.59. The second-order valence-corrected chi connectivity index (χ2v) is 11.7. The van der Waals surface area contributed by atoms with Crippen LogP contribution >= 0.6 is 23.5 Å². The Morgan fingerprint density at radius 3 is 1.64 bits per heavy atom. The number of hydrogen-bond donors (Lipinski definition) is 1. The maximum absolute atomic E-state index is 11.2. The molecule has 0 aliphatic carbocycles. The minimum atomic E-state index is -0.741. The molecule has 1 aliphatic rings. The summed E-state index contributed by atoms with van der Waals surface area (Å²) in [6.07, 6.45) is 0.856. The van der Waals surface area contributed by atoms with E-state index < -0.39 is 11.7 Å². The van der Waals surface area contributed by atoms with Gasteiger partial charge in [-0.1, -0.05) is 105 Å². The molecule has 3 atom stereocenters. The molecule has 3 aromatic rings. The predicted molar refractivity (Wildman–Crippen MR) is 143 cm³/mol. The minimum Gasteiger partial charge on any atom is -0.392 e. The van der Waals surface area contributed by atoms with Gasteiger partial charge in [-0.2, -0.15) is 0 Å². The monoisotopic (exact) mass is 478 g/mol. The van der Waals surface area contributed by atoms with E-state index in [1.54, 1.807) is 0 Å². The first-order valence-electron chi connectivity index (χ1n) is 11.8. The van der Waals surface area contributed by atoms with Crippen molar-refractivity contribution in [3.05, 3.63) is 108 Å². The normalized spacial score (nSPS) is 17.9. The van der Waals surface area contributed by atoms with Gasteiger partial charge in [0.15, 0.2) is 0 Å². The van der Waals surface area contributed by atoms with Crippen molar-refractivity contribution < 1.29 is 9.84 Å². The smallest absolute Gasteiger partial charge is 0.143 e. The molecule has 1 heterocycles. The first kappa shape index (κ1) is 24.4. The molecule has 3 aromatic carbocycles. The maximum atomic E-state index is 11.2. The van der Waals surface area contributed by atoms with Crippen LogP contribution in [-0.4, -0.2) is 33.9 Å². The molecule has 0 unspecified atom stereocenters. The van der Waals surface area contributed by atoms with Crippen LogP contribution in [0.3, 0.4) is 0 Å². The van der Waals surface area contributed by atoms with Crippen LogP contribution in [0.2, 0.25) is 0 Å². The second-order valence-electron chi connectivity index (χ2n) is 8.88. The lowest BCUT2D eigenvalue weighted by Crippen LogP contribution is -2.39. The zero-order valence-corrected chi connectivity index (χ0v) is 21.1. The standard InChI is InChI=1S/C29H34O2S2/c1-22(27(30)23(2)28-32-19-12-20-33-28)21-31-29(24-13-6-3-7-14-24,25-15-8-4-9-16-25)26-17-10-5-11-18-26/h3-11,13-18,22-23,27-28,30H,12,19-21H2,1-2H3/t22-,23-,27+/m0/s1. The van der Waals surface area contributed by atoms with Crippen LogP contribution in [0.25, 0.3) is 0 Å². The van der Waals surface area contributed by atoms with Crippen molar-refractivity contribution in [3.63, 3.8) is 0 Å². The number of hydrogen-bond acceptors (Lipinski definition) is 4. The molecule has 33 heavy (non-hydrogen) atoms. The van der Waals surface area contributed by atoms with Gasteiger partial charge in [-0.15, -0.1) is 23.5 Å². The van der Waals surface area contributed by atoms with Crippen LogP contribution in [0.1, 0.15) is 37.0 Å². The molecule has 1 fully saturated rings. The van der Waals surface area contributed by atoms with Crippen LogP contribution in [0.5, 0.6) is 0 Å². The van der Waals surface area contributed by atoms with E-state index in [0.717, 1.165) is 16.7 Å². The molecule has 0 radical (unpaired) electrons. The van der Waals surface area contributed by atoms with Gasteiger partial charge in [0.05, 0.1) is 17.3 Å². The van der Waals surface area contributed by atoms with Gasteiger partial charge in [-0.25, -0.2) is 0 Å². The highest BCUT2D eigenvalue weighted by atomic mass is 32.2. The second kappa shape index (κ2) is 11.6. The van der Waals surface area contributed by atoms with E-state index in [2.05, 4.69) is 86.6 Å². The van der Waals surface area contributed by atoms with E-state index >= 15 is 0 Å². The highest BCUT2D eigenvalue weighted by Crippen LogP contribution is 2.42. The number of ether oxygens (including phenoxy) is 1. The first-order chi connectivity index (χ1) is 16.1. The fraction of sp³-hybridized carbons (Fsp3) is 0.379. The van der Waals surface area contributed by atoms with Gasteiger partial charge in [-0.3, -0.25) is 0 Å². The van der Waals surface area contributed by atoms with Crippen molar-refractivity contribution in [3.8, 4) is 0 Å². The van der Waals surface area contributed by atoms with Crippen molar-refractivity contribution >= 4 is 23.5 Å². The van der Waals surface area contributed by atoms with Crippen molar-refractivity contribution in [2.24, 2.45) is 11.8 Å². The summed E-state index contributed by atoms with van der Waals surface area (Å²) in [5.41, 5.74) is 2.54. The SMILES string of the molecule is C[C@H](C1SCCCS1)[C@H](O)[C@@H](C)COC(c1ccccc1)(c1ccccc1)c1ccccc1. The summed E-state index contributed by atoms with van der Waals surface area (Å²) in [6.45, 7) is 4.77. The summed E-state index contributed by atoms with van der Waals surface area (Å²) < 4.78 is 7.39. The van der Waals surface area contributed by atoms with Crippen LogP contribution in [-0.2, 0) is 10.3 Å². The molecule has 0 amide bonds. The van der Waals surface area contributed by atoms with Gasteiger partial charge < -0.3 is 9.84 Å². The lowest BCUT2D eigenvalue weighted by Gasteiger charge is -2.38. The Bertz CT molecular complexity index is 862. The van der Waals surface area contributed by atoms with Gasteiger partial charge >= 0.3 is 0 Å². The number of aliphatic hydroxyl groups is 1. The van der Waals surface area contributed by atoms with E-state index in [1.165, 1.54) is 17.9 Å². The average Bonchev–Trinajstić information content (AvgIpc) is 2.90. The molecule has 0 aromatic heterocycles. The van der Waals surface area contributed by atoms with E-state index in [9.17, 15) is 5.11 Å². The van der Waals surface area contributed by atoms with E-state index in [-0.39, 0.29) is 11.8 Å². The fourth-order valence-corrected chi connectivity index (χ4v) is 7.77. The largest absolute Gasteiger partial charge is 0.392 e. The molecule has 2 nitrogen and oxygen atoms in total. The van der Waals surface area contributed by atoms with Gasteiger partial charge in [0.1, 0.15) is 5.60 Å². The topological polar surface area (TPSA) is 29.5 Å². The quantitative estimate of drug-likeness (QED) is 0.342. The summed E-state index contributed by atoms with van der Waals surface area (Å²) in [6, 6.07) is 31.3. The summed E-state index contributed by atoms with van der Waals surface area (Å²) >= 11 is 3.99. The lowest BCUT2D eigenvalue weighted by molar-refractivity contribution is -0.0427. The van der Waals surface area contributed by atoms with Crippen LogP contribution in [0, 0.1) is 11.8 Å². The third kappa shape index (κ3) is 5.51. The Hall–Kier alpha value is -1.72. The van der Waals surface area contributed by atoms with Gasteiger partial charge in [0.2, 0.25) is 0 Å². The summed E-state index contributed by atoms with van der Waals surface area (Å²) in [5, 5.41) is 11.2. The molecule has 174 valence electrons. The zero-order chi connectivity index (χ0) is 23.1. The third-order valence-electron chi connectivity index (χ3n) is 6.51. The first-order valence-corrected chi connectivity index (χ1v) is 13.9. The highest BCUT2D eigenvalue weighted by Gasteiger charge is 2.39. The summed E-state index contributed by atoms with van der Waals surface area (Å²) in [4.78, 5) is 0. The molecule has 1 saturated heterocycles. The molecular formula is C29H34O2S2. The van der Waals surface area contributed by atoms with Gasteiger partial charge in [-0.05, 0) is 34.6 Å². The summed E-state index contributed by atoms with van der Waals surface area (Å²) in [5.74, 6) is 2.62. The van der Waals surface area contributed by atoms with Crippen LogP contribution < -0.4 is 0 Å². The predicted octanol–water partition coefficient (Wildman–Crippen LogP) is 6.82. The number of aliphatic hydroxyl groups excluding tert-OH is 1. The lowest BCUT2D eigenvalue weighted by atomic mass is 9.80. The Balaban J connectivity index is 1.65. The fourth-order valence-electron chi connectivity index (χ4n) is 4.61. The number of thioether (sulfide) groups is 2. The Morgan fingerprint density at radius 2 is 1.21 bits per heavy atom. The van der Waals surface area contributed by atoms with Gasteiger partial charge in [0, 0.05) is 11.8 Å². The highest BCUT2D eigenvalue weighted by molar-refractivity contribution is 8.17. The molecule has 4 heteroatoms. The summed E-state index contributed by atoms with van der Waals surface area (Å²) in [7, 11) is 0. The van der Waals surface area contributed by atoms with Crippen molar-refractivity contribution in [2.45, 2.75) is 36.6 Å².